The first kappa shape index (κ1) is 12.2. The van der Waals surface area contributed by atoms with E-state index < -0.39 is 11.4 Å². The van der Waals surface area contributed by atoms with Gasteiger partial charge in [-0.05, 0) is 25.8 Å². The van der Waals surface area contributed by atoms with Crippen molar-refractivity contribution < 1.29 is 13.2 Å². The fourth-order valence-corrected chi connectivity index (χ4v) is 3.21. The molecule has 0 amide bonds. The van der Waals surface area contributed by atoms with Gasteiger partial charge in [-0.25, -0.2) is 0 Å². The topological polar surface area (TPSA) is 26.0 Å². The molecule has 0 saturated heterocycles. The number of alkyl halides is 3. The molecular formula is C9H16F3NS. The van der Waals surface area contributed by atoms with E-state index in [4.69, 9.17) is 5.73 Å². The van der Waals surface area contributed by atoms with Crippen LogP contribution >= 0.6 is 11.8 Å². The number of rotatable bonds is 4. The fourth-order valence-electron chi connectivity index (χ4n) is 1.72. The summed E-state index contributed by atoms with van der Waals surface area (Å²) in [5.74, 6) is 0. The number of hydrogen-bond donors (Lipinski definition) is 1. The molecule has 0 bridgehead atoms. The molecule has 5 heteroatoms. The van der Waals surface area contributed by atoms with Crippen LogP contribution in [0.5, 0.6) is 0 Å². The minimum absolute atomic E-state index is 0.0463. The first-order valence-corrected chi connectivity index (χ1v) is 5.90. The molecule has 14 heavy (non-hydrogen) atoms. The molecule has 1 unspecified atom stereocenters. The van der Waals surface area contributed by atoms with Crippen molar-refractivity contribution in [2.75, 3.05) is 6.54 Å². The fraction of sp³-hybridized carbons (Fsp3) is 1.00. The van der Waals surface area contributed by atoms with Crippen LogP contribution in [0.2, 0.25) is 0 Å². The van der Waals surface area contributed by atoms with E-state index in [1.165, 1.54) is 0 Å². The molecule has 0 aromatic heterocycles. The highest BCUT2D eigenvalue weighted by Crippen LogP contribution is 2.40. The van der Waals surface area contributed by atoms with Gasteiger partial charge in [-0.15, -0.1) is 11.8 Å². The molecule has 1 fully saturated rings. The molecule has 2 N–H and O–H groups in total. The van der Waals surface area contributed by atoms with Gasteiger partial charge in [0.2, 0.25) is 0 Å². The van der Waals surface area contributed by atoms with Gasteiger partial charge in [0, 0.05) is 5.25 Å². The molecule has 0 heterocycles. The van der Waals surface area contributed by atoms with Crippen LogP contribution in [0.4, 0.5) is 13.2 Å². The zero-order chi connectivity index (χ0) is 10.6. The predicted octanol–water partition coefficient (Wildman–Crippen LogP) is 2.94. The highest BCUT2D eigenvalue weighted by atomic mass is 32.2. The maximum atomic E-state index is 12.5. The third-order valence-electron chi connectivity index (χ3n) is 2.45. The summed E-state index contributed by atoms with van der Waals surface area (Å²) in [6, 6.07) is 0. The number of thioether (sulfide) groups is 1. The summed E-state index contributed by atoms with van der Waals surface area (Å²) in [6.07, 6.45) is -0.0311. The van der Waals surface area contributed by atoms with Gasteiger partial charge in [-0.2, -0.15) is 13.2 Å². The van der Waals surface area contributed by atoms with Crippen LogP contribution in [-0.2, 0) is 0 Å². The Labute approximate surface area is 86.6 Å². The van der Waals surface area contributed by atoms with Gasteiger partial charge in [-0.1, -0.05) is 12.8 Å². The predicted molar refractivity (Wildman–Crippen MR) is 53.4 cm³/mol. The Morgan fingerprint density at radius 1 is 1.29 bits per heavy atom. The maximum Gasteiger partial charge on any atom is 0.400 e. The minimum Gasteiger partial charge on any atom is -0.330 e. The standard InChI is InChI=1S/C9H16F3NS/c10-9(11,12)8(5-6-13)14-7-3-1-2-4-7/h7-8H,1-6,13H2. The Morgan fingerprint density at radius 3 is 2.29 bits per heavy atom. The van der Waals surface area contributed by atoms with Crippen LogP contribution in [0.3, 0.4) is 0 Å². The van der Waals surface area contributed by atoms with Crippen molar-refractivity contribution in [1.82, 2.24) is 0 Å². The van der Waals surface area contributed by atoms with Crippen molar-refractivity contribution in [2.24, 2.45) is 5.73 Å². The van der Waals surface area contributed by atoms with E-state index in [0.29, 0.717) is 0 Å². The van der Waals surface area contributed by atoms with E-state index in [-0.39, 0.29) is 18.2 Å². The summed E-state index contributed by atoms with van der Waals surface area (Å²) >= 11 is 1.08. The first-order valence-electron chi connectivity index (χ1n) is 4.96. The zero-order valence-electron chi connectivity index (χ0n) is 8.02. The van der Waals surface area contributed by atoms with E-state index in [1.807, 2.05) is 0 Å². The monoisotopic (exact) mass is 227 g/mol. The van der Waals surface area contributed by atoms with E-state index in [2.05, 4.69) is 0 Å². The third kappa shape index (κ3) is 3.69. The van der Waals surface area contributed by atoms with Gasteiger partial charge in [0.15, 0.2) is 0 Å². The SMILES string of the molecule is NCCC(SC1CCCC1)C(F)(F)F. The van der Waals surface area contributed by atoms with Crippen molar-refractivity contribution in [3.63, 3.8) is 0 Å². The maximum absolute atomic E-state index is 12.5. The highest BCUT2D eigenvalue weighted by molar-refractivity contribution is 8.00. The average molecular weight is 227 g/mol. The smallest absolute Gasteiger partial charge is 0.330 e. The van der Waals surface area contributed by atoms with E-state index >= 15 is 0 Å². The van der Waals surface area contributed by atoms with Crippen LogP contribution in [0.25, 0.3) is 0 Å². The van der Waals surface area contributed by atoms with E-state index in [1.54, 1.807) is 0 Å². The lowest BCUT2D eigenvalue weighted by atomic mass is 10.3. The van der Waals surface area contributed by atoms with Gasteiger partial charge < -0.3 is 5.73 Å². The molecule has 1 atom stereocenters. The average Bonchev–Trinajstić information content (AvgIpc) is 2.54. The summed E-state index contributed by atoms with van der Waals surface area (Å²) in [5, 5.41) is -1.05. The first-order chi connectivity index (χ1) is 6.54. The molecule has 0 radical (unpaired) electrons. The second-order valence-corrected chi connectivity index (χ2v) is 5.16. The third-order valence-corrected chi connectivity index (χ3v) is 4.14. The summed E-state index contributed by atoms with van der Waals surface area (Å²) in [5.41, 5.74) is 5.19. The second kappa shape index (κ2) is 5.26. The van der Waals surface area contributed by atoms with Crippen molar-refractivity contribution in [3.8, 4) is 0 Å². The Morgan fingerprint density at radius 2 is 1.86 bits per heavy atom. The second-order valence-electron chi connectivity index (χ2n) is 3.65. The molecule has 0 aromatic carbocycles. The van der Waals surface area contributed by atoms with Crippen molar-refractivity contribution in [3.05, 3.63) is 0 Å². The lowest BCUT2D eigenvalue weighted by molar-refractivity contribution is -0.129. The van der Waals surface area contributed by atoms with Gasteiger partial charge in [0.25, 0.3) is 0 Å². The van der Waals surface area contributed by atoms with Gasteiger partial charge in [0.1, 0.15) is 5.25 Å². The van der Waals surface area contributed by atoms with E-state index in [9.17, 15) is 13.2 Å². The molecule has 1 saturated carbocycles. The van der Waals surface area contributed by atoms with Gasteiger partial charge >= 0.3 is 6.18 Å². The molecule has 1 aliphatic carbocycles. The quantitative estimate of drug-likeness (QED) is 0.799. The van der Waals surface area contributed by atoms with Crippen molar-refractivity contribution >= 4 is 11.8 Å². The molecule has 1 aliphatic rings. The van der Waals surface area contributed by atoms with Crippen LogP contribution in [0, 0.1) is 0 Å². The Kier molecular flexibility index (Phi) is 4.57. The zero-order valence-corrected chi connectivity index (χ0v) is 8.83. The summed E-state index contributed by atoms with van der Waals surface area (Å²) in [6.45, 7) is 0.115. The number of nitrogens with two attached hydrogens (primary N) is 1. The van der Waals surface area contributed by atoms with Gasteiger partial charge in [0.05, 0.1) is 0 Å². The Bertz CT molecular complexity index is 166. The largest absolute Gasteiger partial charge is 0.400 e. The van der Waals surface area contributed by atoms with Crippen LogP contribution in [0.1, 0.15) is 32.1 Å². The minimum atomic E-state index is -4.09. The number of halogens is 3. The Balaban J connectivity index is 2.41. The molecule has 1 nitrogen and oxygen atoms in total. The number of hydrogen-bond acceptors (Lipinski definition) is 2. The molecule has 84 valence electrons. The van der Waals surface area contributed by atoms with E-state index in [0.717, 1.165) is 37.4 Å². The lowest BCUT2D eigenvalue weighted by Crippen LogP contribution is -2.29. The highest BCUT2D eigenvalue weighted by Gasteiger charge is 2.40. The van der Waals surface area contributed by atoms with Crippen LogP contribution in [-0.4, -0.2) is 23.2 Å². The normalized spacial score (nSPS) is 21.4. The molecule has 0 spiro atoms. The molecule has 0 aromatic rings. The summed E-state index contributed by atoms with van der Waals surface area (Å²) in [7, 11) is 0. The Hall–Kier alpha value is 0.100. The van der Waals surface area contributed by atoms with Crippen LogP contribution in [0.15, 0.2) is 0 Å². The summed E-state index contributed by atoms with van der Waals surface area (Å²) < 4.78 is 37.5. The lowest BCUT2D eigenvalue weighted by Gasteiger charge is -2.22. The van der Waals surface area contributed by atoms with Gasteiger partial charge in [-0.3, -0.25) is 0 Å². The molecule has 0 aliphatic heterocycles. The van der Waals surface area contributed by atoms with Crippen molar-refractivity contribution in [1.29, 1.82) is 0 Å². The summed E-state index contributed by atoms with van der Waals surface area (Å²) in [4.78, 5) is 0. The molecule has 1 rings (SSSR count). The van der Waals surface area contributed by atoms with Crippen LogP contribution < -0.4 is 5.73 Å². The molecular weight excluding hydrogens is 211 g/mol. The van der Waals surface area contributed by atoms with Crippen molar-refractivity contribution in [2.45, 2.75) is 48.8 Å².